The van der Waals surface area contributed by atoms with Gasteiger partial charge < -0.3 is 4.57 Å². The lowest BCUT2D eigenvalue weighted by Gasteiger charge is -2.13. The van der Waals surface area contributed by atoms with E-state index in [-0.39, 0.29) is 24.7 Å². The molecule has 6 nitrogen and oxygen atoms in total. The molecule has 1 aromatic heterocycles. The monoisotopic (exact) mass is 459 g/mol. The standard InChI is InChI=1S/C21H15Cl2N3O3S/c22-15-4-1-14(17(23)11-15)12-25-9-10-30-21(25)24-20(29)13-2-5-16(6-3-13)26-18(27)7-8-19(26)28/h1-6,9-11H,7-8,12H2. The quantitative estimate of drug-likeness (QED) is 0.545. The van der Waals surface area contributed by atoms with Crippen LogP contribution < -0.4 is 9.70 Å². The van der Waals surface area contributed by atoms with Crippen molar-refractivity contribution in [3.8, 4) is 0 Å². The molecule has 0 spiro atoms. The summed E-state index contributed by atoms with van der Waals surface area (Å²) in [7, 11) is 0. The molecule has 1 fully saturated rings. The van der Waals surface area contributed by atoms with E-state index in [9.17, 15) is 14.4 Å². The normalized spacial score (nSPS) is 14.6. The van der Waals surface area contributed by atoms with Crippen molar-refractivity contribution in [3.63, 3.8) is 0 Å². The Kier molecular flexibility index (Phi) is 5.85. The molecule has 152 valence electrons. The summed E-state index contributed by atoms with van der Waals surface area (Å²) < 4.78 is 1.83. The molecular weight excluding hydrogens is 445 g/mol. The van der Waals surface area contributed by atoms with Gasteiger partial charge in [0.05, 0.1) is 12.2 Å². The number of benzene rings is 2. The number of halogens is 2. The third-order valence-corrected chi connectivity index (χ3v) is 6.02. The van der Waals surface area contributed by atoms with E-state index in [0.29, 0.717) is 32.6 Å². The predicted octanol–water partition coefficient (Wildman–Crippen LogP) is 4.30. The molecule has 2 heterocycles. The number of amides is 3. The number of nitrogens with zero attached hydrogens (tertiary/aromatic N) is 3. The van der Waals surface area contributed by atoms with Crippen molar-refractivity contribution in [1.82, 2.24) is 4.57 Å². The van der Waals surface area contributed by atoms with Crippen LogP contribution in [0.25, 0.3) is 0 Å². The van der Waals surface area contributed by atoms with Gasteiger partial charge in [0.2, 0.25) is 11.8 Å². The molecule has 0 bridgehead atoms. The Morgan fingerprint density at radius 2 is 1.73 bits per heavy atom. The van der Waals surface area contributed by atoms with Crippen LogP contribution >= 0.6 is 34.5 Å². The van der Waals surface area contributed by atoms with E-state index < -0.39 is 5.91 Å². The first kappa shape index (κ1) is 20.5. The first-order chi connectivity index (χ1) is 14.4. The van der Waals surface area contributed by atoms with Crippen LogP contribution in [0.15, 0.2) is 59.0 Å². The van der Waals surface area contributed by atoms with Crippen LogP contribution in [0.5, 0.6) is 0 Å². The molecule has 0 aliphatic carbocycles. The number of thiazole rings is 1. The first-order valence-electron chi connectivity index (χ1n) is 9.05. The van der Waals surface area contributed by atoms with Crippen molar-refractivity contribution in [2.45, 2.75) is 19.4 Å². The number of carbonyl (C=O) groups is 3. The maximum absolute atomic E-state index is 12.6. The van der Waals surface area contributed by atoms with Crippen molar-refractivity contribution >= 4 is 57.9 Å². The van der Waals surface area contributed by atoms with Gasteiger partial charge in [-0.1, -0.05) is 29.3 Å². The third kappa shape index (κ3) is 4.23. The molecule has 1 aliphatic heterocycles. The minimum absolute atomic E-state index is 0.213. The van der Waals surface area contributed by atoms with E-state index >= 15 is 0 Å². The van der Waals surface area contributed by atoms with Gasteiger partial charge in [-0.3, -0.25) is 19.3 Å². The highest BCUT2D eigenvalue weighted by Gasteiger charge is 2.30. The van der Waals surface area contributed by atoms with Gasteiger partial charge in [-0.2, -0.15) is 4.99 Å². The molecule has 1 aliphatic rings. The highest BCUT2D eigenvalue weighted by molar-refractivity contribution is 7.07. The number of carbonyl (C=O) groups excluding carboxylic acids is 3. The second-order valence-corrected chi connectivity index (χ2v) is 8.35. The highest BCUT2D eigenvalue weighted by Crippen LogP contribution is 2.23. The van der Waals surface area contributed by atoms with E-state index in [1.54, 1.807) is 36.4 Å². The predicted molar refractivity (Wildman–Crippen MR) is 116 cm³/mol. The average Bonchev–Trinajstić information content (AvgIpc) is 3.30. The zero-order valence-corrected chi connectivity index (χ0v) is 17.9. The van der Waals surface area contributed by atoms with E-state index in [2.05, 4.69) is 4.99 Å². The fourth-order valence-electron chi connectivity index (χ4n) is 3.11. The smallest absolute Gasteiger partial charge is 0.279 e. The van der Waals surface area contributed by atoms with E-state index in [1.807, 2.05) is 22.2 Å². The zero-order valence-electron chi connectivity index (χ0n) is 15.5. The van der Waals surface area contributed by atoms with E-state index in [1.165, 1.54) is 11.3 Å². The van der Waals surface area contributed by atoms with Crippen LogP contribution in [-0.4, -0.2) is 22.3 Å². The van der Waals surface area contributed by atoms with E-state index in [0.717, 1.165) is 10.5 Å². The van der Waals surface area contributed by atoms with Gasteiger partial charge >= 0.3 is 0 Å². The molecule has 0 saturated carbocycles. The minimum Gasteiger partial charge on any atom is -0.319 e. The fourth-order valence-corrected chi connectivity index (χ4v) is 4.30. The van der Waals surface area contributed by atoms with Gasteiger partial charge in [0.15, 0.2) is 4.80 Å². The maximum Gasteiger partial charge on any atom is 0.279 e. The Morgan fingerprint density at radius 3 is 2.40 bits per heavy atom. The van der Waals surface area contributed by atoms with Crippen LogP contribution in [0.2, 0.25) is 10.0 Å². The molecule has 1 saturated heterocycles. The molecule has 30 heavy (non-hydrogen) atoms. The summed E-state index contributed by atoms with van der Waals surface area (Å²) >= 11 is 13.5. The Hall–Kier alpha value is -2.74. The summed E-state index contributed by atoms with van der Waals surface area (Å²) in [6.45, 7) is 0.448. The van der Waals surface area contributed by atoms with Crippen LogP contribution in [-0.2, 0) is 16.1 Å². The Bertz CT molecular complexity index is 1200. The van der Waals surface area contributed by atoms with Gasteiger partial charge in [0.1, 0.15) is 0 Å². The Balaban J connectivity index is 1.56. The van der Waals surface area contributed by atoms with Crippen LogP contribution in [0.3, 0.4) is 0 Å². The highest BCUT2D eigenvalue weighted by atomic mass is 35.5. The second kappa shape index (κ2) is 8.55. The Labute approximate surface area is 186 Å². The second-order valence-electron chi connectivity index (χ2n) is 6.64. The lowest BCUT2D eigenvalue weighted by Crippen LogP contribution is -2.28. The van der Waals surface area contributed by atoms with Gasteiger partial charge in [-0.25, -0.2) is 0 Å². The van der Waals surface area contributed by atoms with Crippen molar-refractivity contribution in [3.05, 3.63) is 80.0 Å². The minimum atomic E-state index is -0.418. The first-order valence-corrected chi connectivity index (χ1v) is 10.7. The van der Waals surface area contributed by atoms with Crippen LogP contribution in [0, 0.1) is 0 Å². The SMILES string of the molecule is O=C(N=c1sccn1Cc1ccc(Cl)cc1Cl)c1ccc(N2C(=O)CCC2=O)cc1. The summed E-state index contributed by atoms with van der Waals surface area (Å²) in [6, 6.07) is 11.6. The van der Waals surface area contributed by atoms with Crippen molar-refractivity contribution < 1.29 is 14.4 Å². The largest absolute Gasteiger partial charge is 0.319 e. The molecule has 3 amide bonds. The van der Waals surface area contributed by atoms with Gasteiger partial charge in [0, 0.05) is 40.0 Å². The summed E-state index contributed by atoms with van der Waals surface area (Å²) in [5.41, 5.74) is 1.68. The molecule has 2 aromatic carbocycles. The lowest BCUT2D eigenvalue weighted by molar-refractivity contribution is -0.121. The van der Waals surface area contributed by atoms with Crippen molar-refractivity contribution in [1.29, 1.82) is 0 Å². The third-order valence-electron chi connectivity index (χ3n) is 4.64. The van der Waals surface area contributed by atoms with Crippen LogP contribution in [0.1, 0.15) is 28.8 Å². The lowest BCUT2D eigenvalue weighted by atomic mass is 10.2. The summed E-state index contributed by atoms with van der Waals surface area (Å²) in [5.74, 6) is -0.882. The summed E-state index contributed by atoms with van der Waals surface area (Å²) in [6.07, 6.45) is 2.26. The number of hydrogen-bond acceptors (Lipinski definition) is 4. The molecule has 9 heteroatoms. The number of imide groups is 1. The maximum atomic E-state index is 12.6. The summed E-state index contributed by atoms with van der Waals surface area (Å²) in [4.78, 5) is 42.2. The topological polar surface area (TPSA) is 71.7 Å². The molecule has 0 unspecified atom stereocenters. The molecule has 0 atom stereocenters. The Morgan fingerprint density at radius 1 is 1.03 bits per heavy atom. The molecule has 0 N–H and O–H groups in total. The van der Waals surface area contributed by atoms with Gasteiger partial charge in [-0.15, -0.1) is 11.3 Å². The molecule has 3 aromatic rings. The fraction of sp³-hybridized carbons (Fsp3) is 0.143. The zero-order chi connectivity index (χ0) is 21.3. The van der Waals surface area contributed by atoms with Gasteiger partial charge in [0.25, 0.3) is 5.91 Å². The molecular formula is C21H15Cl2N3O3S. The van der Waals surface area contributed by atoms with Crippen molar-refractivity contribution in [2.24, 2.45) is 4.99 Å². The van der Waals surface area contributed by atoms with Crippen LogP contribution in [0.4, 0.5) is 5.69 Å². The van der Waals surface area contributed by atoms with E-state index in [4.69, 9.17) is 23.2 Å². The number of hydrogen-bond donors (Lipinski definition) is 0. The average molecular weight is 460 g/mol. The molecule has 4 rings (SSSR count). The summed E-state index contributed by atoms with van der Waals surface area (Å²) in [5, 5.41) is 2.93. The van der Waals surface area contributed by atoms with Gasteiger partial charge in [-0.05, 0) is 42.0 Å². The number of aromatic nitrogens is 1. The molecule has 0 radical (unpaired) electrons. The van der Waals surface area contributed by atoms with Crippen molar-refractivity contribution in [2.75, 3.05) is 4.90 Å². The number of anilines is 1. The number of rotatable bonds is 4.